The number of aryl methyl sites for hydroxylation is 1. The molecule has 0 saturated carbocycles. The van der Waals surface area contributed by atoms with Crippen molar-refractivity contribution in [2.45, 2.75) is 20.4 Å². The number of hydrogen-bond donors (Lipinski definition) is 0. The van der Waals surface area contributed by atoms with Crippen LogP contribution < -0.4 is 5.56 Å². The highest BCUT2D eigenvalue weighted by Crippen LogP contribution is 2.22. The van der Waals surface area contributed by atoms with E-state index in [4.69, 9.17) is 4.74 Å². The first-order valence-electron chi connectivity index (χ1n) is 6.08. The maximum absolute atomic E-state index is 12.0. The third kappa shape index (κ3) is 2.56. The van der Waals surface area contributed by atoms with E-state index in [-0.39, 0.29) is 12.2 Å². The number of rotatable bonds is 3. The Kier molecular flexibility index (Phi) is 4.04. The Morgan fingerprint density at radius 2 is 2.05 bits per heavy atom. The predicted molar refractivity (Wildman–Crippen MR) is 77.5 cm³/mol. The number of halogens is 1. The second kappa shape index (κ2) is 5.57. The van der Waals surface area contributed by atoms with Crippen LogP contribution in [0, 0.1) is 0 Å². The fourth-order valence-electron chi connectivity index (χ4n) is 2.06. The molecule has 0 atom stereocenters. The van der Waals surface area contributed by atoms with E-state index in [9.17, 15) is 9.59 Å². The lowest BCUT2D eigenvalue weighted by molar-refractivity contribution is 0.0528. The largest absolute Gasteiger partial charge is 0.462 e. The lowest BCUT2D eigenvalue weighted by Gasteiger charge is -2.11. The van der Waals surface area contributed by atoms with E-state index in [1.54, 1.807) is 11.5 Å². The molecule has 1 heterocycles. The zero-order chi connectivity index (χ0) is 14.0. The van der Waals surface area contributed by atoms with Crippen LogP contribution in [0.5, 0.6) is 0 Å². The highest BCUT2D eigenvalue weighted by molar-refractivity contribution is 9.10. The van der Waals surface area contributed by atoms with Crippen LogP contribution >= 0.6 is 15.9 Å². The Morgan fingerprint density at radius 1 is 1.32 bits per heavy atom. The molecule has 0 fully saturated rings. The molecule has 19 heavy (non-hydrogen) atoms. The molecule has 0 spiro atoms. The minimum atomic E-state index is -0.467. The Bertz CT molecular complexity index is 691. The van der Waals surface area contributed by atoms with Crippen molar-refractivity contribution in [1.82, 2.24) is 4.57 Å². The van der Waals surface area contributed by atoms with E-state index in [1.807, 2.05) is 25.1 Å². The quantitative estimate of drug-likeness (QED) is 0.816. The average Bonchev–Trinajstić information content (AvgIpc) is 2.38. The van der Waals surface area contributed by atoms with Crippen molar-refractivity contribution in [3.63, 3.8) is 0 Å². The van der Waals surface area contributed by atoms with Crippen LogP contribution in [0.2, 0.25) is 0 Å². The van der Waals surface area contributed by atoms with Gasteiger partial charge in [0.2, 0.25) is 0 Å². The van der Waals surface area contributed by atoms with Crippen LogP contribution in [0.4, 0.5) is 0 Å². The molecule has 0 radical (unpaired) electrons. The molecule has 0 aliphatic rings. The summed E-state index contributed by atoms with van der Waals surface area (Å²) < 4.78 is 7.49. The van der Waals surface area contributed by atoms with Gasteiger partial charge in [0.1, 0.15) is 0 Å². The van der Waals surface area contributed by atoms with Gasteiger partial charge in [-0.05, 0) is 32.0 Å². The first-order valence-corrected chi connectivity index (χ1v) is 6.88. The van der Waals surface area contributed by atoms with E-state index < -0.39 is 5.97 Å². The van der Waals surface area contributed by atoms with Gasteiger partial charge in [0, 0.05) is 22.5 Å². The van der Waals surface area contributed by atoms with Gasteiger partial charge in [-0.25, -0.2) is 4.79 Å². The van der Waals surface area contributed by atoms with Gasteiger partial charge in [-0.1, -0.05) is 15.9 Å². The number of hydrogen-bond acceptors (Lipinski definition) is 3. The molecule has 0 aliphatic carbocycles. The summed E-state index contributed by atoms with van der Waals surface area (Å²) in [7, 11) is 0. The Balaban J connectivity index is 2.81. The van der Waals surface area contributed by atoms with Crippen LogP contribution in [0.25, 0.3) is 10.9 Å². The predicted octanol–water partition coefficient (Wildman–Crippen LogP) is 2.96. The van der Waals surface area contributed by atoms with Crippen molar-refractivity contribution in [2.24, 2.45) is 0 Å². The molecule has 0 saturated heterocycles. The van der Waals surface area contributed by atoms with Gasteiger partial charge in [0.05, 0.1) is 17.7 Å². The summed E-state index contributed by atoms with van der Waals surface area (Å²) in [5.41, 5.74) is 0.856. The van der Waals surface area contributed by atoms with Gasteiger partial charge in [-0.2, -0.15) is 0 Å². The van der Waals surface area contributed by atoms with Gasteiger partial charge < -0.3 is 9.30 Å². The molecule has 2 aromatic rings. The minimum Gasteiger partial charge on any atom is -0.462 e. The lowest BCUT2D eigenvalue weighted by atomic mass is 10.1. The van der Waals surface area contributed by atoms with Gasteiger partial charge in [-0.3, -0.25) is 4.79 Å². The normalized spacial score (nSPS) is 10.7. The molecule has 1 aromatic heterocycles. The molecule has 100 valence electrons. The Hall–Kier alpha value is -1.62. The third-order valence-corrected chi connectivity index (χ3v) is 3.38. The number of benzene rings is 1. The topological polar surface area (TPSA) is 48.3 Å². The molecule has 5 heteroatoms. The zero-order valence-corrected chi connectivity index (χ0v) is 12.4. The second-order valence-corrected chi connectivity index (χ2v) is 4.94. The number of aromatic nitrogens is 1. The third-order valence-electron chi connectivity index (χ3n) is 2.88. The summed E-state index contributed by atoms with van der Waals surface area (Å²) in [4.78, 5) is 24.0. The van der Waals surface area contributed by atoms with E-state index in [2.05, 4.69) is 15.9 Å². The molecular weight excluding hydrogens is 310 g/mol. The SMILES string of the molecule is CCOC(=O)c1cc(=O)n(CC)c2ccc(Br)cc12. The fourth-order valence-corrected chi connectivity index (χ4v) is 2.42. The smallest absolute Gasteiger partial charge is 0.339 e. The summed E-state index contributed by atoms with van der Waals surface area (Å²) in [5.74, 6) is -0.467. The van der Waals surface area contributed by atoms with E-state index in [1.165, 1.54) is 6.07 Å². The van der Waals surface area contributed by atoms with Gasteiger partial charge in [0.15, 0.2) is 0 Å². The van der Waals surface area contributed by atoms with Gasteiger partial charge in [0.25, 0.3) is 5.56 Å². The summed E-state index contributed by atoms with van der Waals surface area (Å²) in [6.07, 6.45) is 0. The van der Waals surface area contributed by atoms with Crippen molar-refractivity contribution in [3.05, 3.63) is 44.7 Å². The maximum atomic E-state index is 12.0. The molecule has 0 amide bonds. The molecule has 0 N–H and O–H groups in total. The number of ether oxygens (including phenoxy) is 1. The first-order chi connectivity index (χ1) is 9.08. The van der Waals surface area contributed by atoms with E-state index >= 15 is 0 Å². The van der Waals surface area contributed by atoms with Crippen molar-refractivity contribution >= 4 is 32.8 Å². The first kappa shape index (κ1) is 13.8. The molecule has 0 aliphatic heterocycles. The standard InChI is InChI=1S/C14H14BrNO3/c1-3-16-12-6-5-9(15)7-10(12)11(8-13(16)17)14(18)19-4-2/h5-8H,3-4H2,1-2H3. The van der Waals surface area contributed by atoms with Crippen molar-refractivity contribution in [3.8, 4) is 0 Å². The summed E-state index contributed by atoms with van der Waals surface area (Å²) in [6.45, 7) is 4.47. The van der Waals surface area contributed by atoms with Crippen LogP contribution in [0.1, 0.15) is 24.2 Å². The highest BCUT2D eigenvalue weighted by atomic mass is 79.9. The number of fused-ring (bicyclic) bond motifs is 1. The Morgan fingerprint density at radius 3 is 2.68 bits per heavy atom. The van der Waals surface area contributed by atoms with Crippen molar-refractivity contribution in [2.75, 3.05) is 6.61 Å². The van der Waals surface area contributed by atoms with Crippen LogP contribution in [-0.4, -0.2) is 17.1 Å². The fraction of sp³-hybridized carbons (Fsp3) is 0.286. The molecule has 1 aromatic carbocycles. The van der Waals surface area contributed by atoms with Gasteiger partial charge >= 0.3 is 5.97 Å². The molecule has 4 nitrogen and oxygen atoms in total. The number of pyridine rings is 1. The van der Waals surface area contributed by atoms with Crippen LogP contribution in [0.15, 0.2) is 33.5 Å². The molecule has 0 bridgehead atoms. The van der Waals surface area contributed by atoms with Crippen molar-refractivity contribution in [1.29, 1.82) is 0 Å². The number of esters is 1. The number of nitrogens with zero attached hydrogens (tertiary/aromatic N) is 1. The van der Waals surface area contributed by atoms with E-state index in [0.717, 1.165) is 9.99 Å². The van der Waals surface area contributed by atoms with Crippen LogP contribution in [-0.2, 0) is 11.3 Å². The highest BCUT2D eigenvalue weighted by Gasteiger charge is 2.15. The number of carbonyl (C=O) groups is 1. The monoisotopic (exact) mass is 323 g/mol. The minimum absolute atomic E-state index is 0.194. The average molecular weight is 324 g/mol. The van der Waals surface area contributed by atoms with Crippen molar-refractivity contribution < 1.29 is 9.53 Å². The molecule has 2 rings (SSSR count). The molecule has 0 unspecified atom stereocenters. The molecular formula is C14H14BrNO3. The number of carbonyl (C=O) groups excluding carboxylic acids is 1. The van der Waals surface area contributed by atoms with Crippen LogP contribution in [0.3, 0.4) is 0 Å². The second-order valence-electron chi connectivity index (χ2n) is 4.02. The lowest BCUT2D eigenvalue weighted by Crippen LogP contribution is -2.21. The Labute approximate surface area is 119 Å². The van der Waals surface area contributed by atoms with Gasteiger partial charge in [-0.15, -0.1) is 0 Å². The summed E-state index contributed by atoms with van der Waals surface area (Å²) in [5, 5.41) is 0.717. The summed E-state index contributed by atoms with van der Waals surface area (Å²) >= 11 is 3.38. The zero-order valence-electron chi connectivity index (χ0n) is 10.8. The summed E-state index contributed by atoms with van der Waals surface area (Å²) in [6, 6.07) is 6.85. The van der Waals surface area contributed by atoms with E-state index in [0.29, 0.717) is 17.5 Å². The maximum Gasteiger partial charge on any atom is 0.339 e.